The molecule has 1 heterocycles. The number of hydrogen-bond acceptors (Lipinski definition) is 5. The molecule has 0 amide bonds. The van der Waals surface area contributed by atoms with Crippen molar-refractivity contribution in [3.8, 4) is 5.75 Å². The highest BCUT2D eigenvalue weighted by molar-refractivity contribution is 7.89. The fraction of sp³-hybridized carbons (Fsp3) is 0.400. The molecular weight excluding hydrogens is 483 g/mol. The number of benzene rings is 2. The Kier molecular flexibility index (Phi) is 8.23. The molecule has 1 N–H and O–H groups in total. The first kappa shape index (κ1) is 24.3. The van der Waals surface area contributed by atoms with E-state index in [1.807, 2.05) is 0 Å². The Labute approximate surface area is 193 Å². The summed E-state index contributed by atoms with van der Waals surface area (Å²) in [4.78, 5) is 0.221. The van der Waals surface area contributed by atoms with Crippen molar-refractivity contribution < 1.29 is 21.6 Å². The summed E-state index contributed by atoms with van der Waals surface area (Å²) < 4.78 is 59.3. The van der Waals surface area contributed by atoms with Gasteiger partial charge in [0.05, 0.1) is 10.6 Å². The molecule has 0 unspecified atom stereocenters. The zero-order valence-corrected chi connectivity index (χ0v) is 19.9. The number of hydrogen-bond donors (Lipinski definition) is 1. The molecule has 2 aromatic rings. The van der Waals surface area contributed by atoms with Crippen LogP contribution in [0.1, 0.15) is 24.8 Å². The minimum Gasteiger partial charge on any atom is -0.492 e. The Bertz CT molecular complexity index is 1080. The molecule has 1 saturated heterocycles. The highest BCUT2D eigenvalue weighted by Gasteiger charge is 2.25. The van der Waals surface area contributed by atoms with Gasteiger partial charge >= 0.3 is 0 Å². The van der Waals surface area contributed by atoms with Gasteiger partial charge in [-0.3, -0.25) is 0 Å². The molecule has 11 heteroatoms. The summed E-state index contributed by atoms with van der Waals surface area (Å²) in [7, 11) is -7.15. The summed E-state index contributed by atoms with van der Waals surface area (Å²) in [5.41, 5.74) is 0.338. The first-order valence-electron chi connectivity index (χ1n) is 9.82. The smallest absolute Gasteiger partial charge is 0.243 e. The van der Waals surface area contributed by atoms with Gasteiger partial charge in [-0.2, -0.15) is 4.31 Å². The van der Waals surface area contributed by atoms with Gasteiger partial charge in [-0.15, -0.1) is 0 Å². The molecule has 170 valence electrons. The first-order valence-corrected chi connectivity index (χ1v) is 13.7. The molecule has 3 rings (SSSR count). The molecule has 2 aromatic carbocycles. The monoisotopic (exact) mass is 506 g/mol. The predicted molar refractivity (Wildman–Crippen MR) is 122 cm³/mol. The van der Waals surface area contributed by atoms with Gasteiger partial charge in [0, 0.05) is 35.2 Å². The second-order valence-electron chi connectivity index (χ2n) is 7.14. The molecule has 1 aliphatic heterocycles. The van der Waals surface area contributed by atoms with Crippen LogP contribution in [0.4, 0.5) is 0 Å². The van der Waals surface area contributed by atoms with E-state index in [0.717, 1.165) is 19.3 Å². The predicted octanol–water partition coefficient (Wildman–Crippen LogP) is 3.67. The number of sulfonamides is 2. The van der Waals surface area contributed by atoms with Crippen molar-refractivity contribution >= 4 is 43.2 Å². The van der Waals surface area contributed by atoms with E-state index in [1.54, 1.807) is 30.3 Å². The zero-order chi connectivity index (χ0) is 22.5. The number of halogens is 2. The van der Waals surface area contributed by atoms with Gasteiger partial charge in [-0.1, -0.05) is 35.7 Å². The minimum atomic E-state index is -3.66. The molecule has 0 bridgehead atoms. The molecule has 1 aliphatic rings. The molecule has 0 radical (unpaired) electrons. The largest absolute Gasteiger partial charge is 0.492 e. The molecule has 31 heavy (non-hydrogen) atoms. The Hall–Kier alpha value is -1.36. The molecule has 1 fully saturated rings. The van der Waals surface area contributed by atoms with Crippen LogP contribution in [0.25, 0.3) is 0 Å². The Morgan fingerprint density at radius 2 is 1.52 bits per heavy atom. The summed E-state index contributed by atoms with van der Waals surface area (Å²) >= 11 is 12.0. The van der Waals surface area contributed by atoms with Crippen LogP contribution in [0.2, 0.25) is 10.0 Å². The number of nitrogens with one attached hydrogen (secondary N) is 1. The maximum atomic E-state index is 12.7. The molecular formula is C20H24Cl2N2O5S2. The average Bonchev–Trinajstić information content (AvgIpc) is 2.75. The summed E-state index contributed by atoms with van der Waals surface area (Å²) in [5, 5.41) is 0.572. The Balaban J connectivity index is 1.50. The zero-order valence-electron chi connectivity index (χ0n) is 16.8. The van der Waals surface area contributed by atoms with Crippen molar-refractivity contribution in [2.75, 3.05) is 26.2 Å². The van der Waals surface area contributed by atoms with Gasteiger partial charge in [0.25, 0.3) is 0 Å². The Morgan fingerprint density at radius 1 is 0.903 bits per heavy atom. The quantitative estimate of drug-likeness (QED) is 0.523. The maximum Gasteiger partial charge on any atom is 0.243 e. The lowest BCUT2D eigenvalue weighted by Crippen LogP contribution is -2.35. The fourth-order valence-electron chi connectivity index (χ4n) is 3.24. The number of nitrogens with zero attached hydrogens (tertiary/aromatic N) is 1. The third-order valence-corrected chi connectivity index (χ3v) is 8.80. The van der Waals surface area contributed by atoms with Crippen LogP contribution < -0.4 is 9.46 Å². The van der Waals surface area contributed by atoms with E-state index < -0.39 is 20.0 Å². The van der Waals surface area contributed by atoms with Crippen LogP contribution in [0.3, 0.4) is 0 Å². The van der Waals surface area contributed by atoms with Crippen molar-refractivity contribution in [2.45, 2.75) is 29.9 Å². The Morgan fingerprint density at radius 3 is 2.13 bits per heavy atom. The van der Waals surface area contributed by atoms with Crippen molar-refractivity contribution in [1.29, 1.82) is 0 Å². The van der Waals surface area contributed by atoms with Crippen LogP contribution >= 0.6 is 23.2 Å². The third kappa shape index (κ3) is 6.57. The van der Waals surface area contributed by atoms with Gasteiger partial charge in [0.1, 0.15) is 12.4 Å². The van der Waals surface area contributed by atoms with E-state index in [0.29, 0.717) is 24.4 Å². The first-order chi connectivity index (χ1) is 14.7. The lowest BCUT2D eigenvalue weighted by molar-refractivity contribution is 0.322. The van der Waals surface area contributed by atoms with E-state index in [-0.39, 0.29) is 33.8 Å². The second-order valence-corrected chi connectivity index (χ2v) is 11.7. The number of rotatable bonds is 9. The van der Waals surface area contributed by atoms with Gasteiger partial charge in [0.15, 0.2) is 0 Å². The highest BCUT2D eigenvalue weighted by Crippen LogP contribution is 2.26. The maximum absolute atomic E-state index is 12.7. The van der Waals surface area contributed by atoms with Crippen molar-refractivity contribution in [3.63, 3.8) is 0 Å². The minimum absolute atomic E-state index is 0.0399. The lowest BCUT2D eigenvalue weighted by atomic mass is 10.2. The molecule has 0 aliphatic carbocycles. The highest BCUT2D eigenvalue weighted by atomic mass is 35.5. The molecule has 0 aromatic heterocycles. The van der Waals surface area contributed by atoms with Gasteiger partial charge < -0.3 is 4.74 Å². The van der Waals surface area contributed by atoms with Crippen molar-refractivity contribution in [2.24, 2.45) is 0 Å². The van der Waals surface area contributed by atoms with E-state index >= 15 is 0 Å². The van der Waals surface area contributed by atoms with Crippen LogP contribution in [-0.2, 0) is 25.8 Å². The van der Waals surface area contributed by atoms with Crippen LogP contribution in [-0.4, -0.2) is 47.4 Å². The van der Waals surface area contributed by atoms with Crippen LogP contribution in [0.5, 0.6) is 5.75 Å². The summed E-state index contributed by atoms with van der Waals surface area (Å²) in [6.45, 7) is 1.20. The van der Waals surface area contributed by atoms with Crippen molar-refractivity contribution in [1.82, 2.24) is 9.03 Å². The van der Waals surface area contributed by atoms with Crippen molar-refractivity contribution in [3.05, 3.63) is 58.1 Å². The summed E-state index contributed by atoms with van der Waals surface area (Å²) in [6, 6.07) is 10.9. The fourth-order valence-corrected chi connectivity index (χ4v) is 6.63. The third-order valence-electron chi connectivity index (χ3n) is 4.87. The van der Waals surface area contributed by atoms with E-state index in [4.69, 9.17) is 27.9 Å². The SMILES string of the molecule is O=S(=O)(Cc1c(Cl)cccc1Cl)NCCOc1ccc(S(=O)(=O)N2CCCCC2)cc1. The average molecular weight is 507 g/mol. The lowest BCUT2D eigenvalue weighted by Gasteiger charge is -2.25. The van der Waals surface area contributed by atoms with E-state index in [9.17, 15) is 16.8 Å². The summed E-state index contributed by atoms with van der Waals surface area (Å²) in [6.07, 6.45) is 2.80. The normalized spacial score (nSPS) is 15.7. The molecule has 0 spiro atoms. The molecule has 0 atom stereocenters. The van der Waals surface area contributed by atoms with E-state index in [1.165, 1.54) is 16.4 Å². The second kappa shape index (κ2) is 10.5. The number of piperidine rings is 1. The topological polar surface area (TPSA) is 92.8 Å². The van der Waals surface area contributed by atoms with Gasteiger partial charge in [-0.05, 0) is 49.2 Å². The van der Waals surface area contributed by atoms with E-state index in [2.05, 4.69) is 4.72 Å². The summed E-state index contributed by atoms with van der Waals surface area (Å²) in [5.74, 6) is 0.111. The molecule has 0 saturated carbocycles. The number of ether oxygens (including phenoxy) is 1. The standard InChI is InChI=1S/C20H24Cl2N2O5S2/c21-19-5-4-6-20(22)18(19)15-30(25,26)23-11-14-29-16-7-9-17(10-8-16)31(27,28)24-12-2-1-3-13-24/h4-10,23H,1-3,11-15H2. The van der Waals surface area contributed by atoms with Gasteiger partial charge in [0.2, 0.25) is 20.0 Å². The van der Waals surface area contributed by atoms with Crippen LogP contribution in [0.15, 0.2) is 47.4 Å². The molecule has 7 nitrogen and oxygen atoms in total. The van der Waals surface area contributed by atoms with Crippen LogP contribution in [0, 0.1) is 0 Å². The van der Waals surface area contributed by atoms with Gasteiger partial charge in [-0.25, -0.2) is 21.6 Å².